The van der Waals surface area contributed by atoms with Crippen molar-refractivity contribution in [3.63, 3.8) is 0 Å². The zero-order chi connectivity index (χ0) is 24.4. The van der Waals surface area contributed by atoms with Crippen LogP contribution in [-0.4, -0.2) is 48.6 Å². The van der Waals surface area contributed by atoms with E-state index in [2.05, 4.69) is 21.4 Å². The van der Waals surface area contributed by atoms with Crippen LogP contribution < -0.4 is 5.32 Å². The molecule has 5 rings (SSSR count). The monoisotopic (exact) mass is 472 g/mol. The summed E-state index contributed by atoms with van der Waals surface area (Å²) in [6.45, 7) is 1.42. The summed E-state index contributed by atoms with van der Waals surface area (Å²) in [5.41, 5.74) is 2.50. The van der Waals surface area contributed by atoms with Gasteiger partial charge in [-0.1, -0.05) is 6.07 Å². The van der Waals surface area contributed by atoms with Crippen molar-refractivity contribution in [2.75, 3.05) is 25.6 Å². The maximum atomic E-state index is 11.9. The molecule has 3 aromatic rings. The fourth-order valence-electron chi connectivity index (χ4n) is 4.63. The third kappa shape index (κ3) is 4.07. The van der Waals surface area contributed by atoms with Crippen LogP contribution in [0, 0.1) is 17.2 Å². The Morgan fingerprint density at radius 2 is 2.11 bits per heavy atom. The number of hydrogen-bond donors (Lipinski definition) is 2. The summed E-state index contributed by atoms with van der Waals surface area (Å²) in [6, 6.07) is 11.7. The van der Waals surface area contributed by atoms with Crippen molar-refractivity contribution in [2.24, 2.45) is 10.9 Å². The number of methoxy groups -OCH3 is 1. The number of nitrogens with one attached hydrogen (secondary N) is 1. The molecule has 9 heteroatoms. The van der Waals surface area contributed by atoms with E-state index in [9.17, 15) is 15.2 Å². The van der Waals surface area contributed by atoms with Crippen LogP contribution in [0.15, 0.2) is 58.2 Å². The van der Waals surface area contributed by atoms with Gasteiger partial charge in [-0.2, -0.15) is 5.26 Å². The van der Waals surface area contributed by atoms with E-state index in [-0.39, 0.29) is 6.04 Å². The summed E-state index contributed by atoms with van der Waals surface area (Å²) in [6.07, 6.45) is 7.84. The molecular formula is C26H24N4O5. The van der Waals surface area contributed by atoms with Gasteiger partial charge in [-0.05, 0) is 42.7 Å². The molecule has 0 saturated carbocycles. The van der Waals surface area contributed by atoms with E-state index >= 15 is 0 Å². The highest BCUT2D eigenvalue weighted by molar-refractivity contribution is 5.94. The number of carbonyl (C=O) groups is 1. The lowest BCUT2D eigenvalue weighted by Crippen LogP contribution is -2.42. The molecular weight excluding hydrogens is 448 g/mol. The van der Waals surface area contributed by atoms with Gasteiger partial charge >= 0.3 is 5.97 Å². The zero-order valence-electron chi connectivity index (χ0n) is 19.1. The third-order valence-corrected chi connectivity index (χ3v) is 6.54. The van der Waals surface area contributed by atoms with Crippen molar-refractivity contribution in [1.82, 2.24) is 4.98 Å². The molecule has 2 aromatic heterocycles. The van der Waals surface area contributed by atoms with E-state index in [0.717, 1.165) is 29.7 Å². The van der Waals surface area contributed by atoms with E-state index in [1.807, 2.05) is 24.3 Å². The Bertz CT molecular complexity index is 1370. The molecule has 0 amide bonds. The van der Waals surface area contributed by atoms with Crippen molar-refractivity contribution < 1.29 is 23.8 Å². The minimum Gasteiger partial charge on any atom is -0.481 e. The summed E-state index contributed by atoms with van der Waals surface area (Å²) >= 11 is 0. The number of carboxylic acids is 1. The van der Waals surface area contributed by atoms with Gasteiger partial charge in [0.25, 0.3) is 0 Å². The summed E-state index contributed by atoms with van der Waals surface area (Å²) < 4.78 is 17.3. The lowest BCUT2D eigenvalue weighted by molar-refractivity contribution is -0.147. The van der Waals surface area contributed by atoms with Crippen LogP contribution in [0.2, 0.25) is 0 Å². The Balaban J connectivity index is 1.55. The fraction of sp³-hybridized carbons (Fsp3) is 0.308. The molecule has 2 aliphatic heterocycles. The SMILES string of the molecule is COC1(c2cc3nccc(-c4ccc(NC5CCOCC5)c(C#N)c4)c3o2)C=CN=CC1C(=O)O. The van der Waals surface area contributed by atoms with E-state index in [0.29, 0.717) is 35.6 Å². The highest BCUT2D eigenvalue weighted by atomic mass is 16.5. The second-order valence-corrected chi connectivity index (χ2v) is 8.51. The molecule has 2 N–H and O–H groups in total. The topological polar surface area (TPSA) is 130 Å². The van der Waals surface area contributed by atoms with Crippen LogP contribution in [0.5, 0.6) is 0 Å². The standard InChI is InChI=1S/C26H24N4O5/c1-33-26(7-9-28-15-20(26)25(31)32)23-13-22-24(35-23)19(4-8-29-22)16-2-3-21(17(12-16)14-27)30-18-5-10-34-11-6-18/h2-4,7-9,12-13,15,18,20,30H,5-6,10-11H2,1H3,(H,31,32). The minimum atomic E-state index is -1.36. The second kappa shape index (κ2) is 9.33. The maximum Gasteiger partial charge on any atom is 0.315 e. The molecule has 1 fully saturated rings. The zero-order valence-corrected chi connectivity index (χ0v) is 19.1. The van der Waals surface area contributed by atoms with E-state index in [4.69, 9.17) is 13.9 Å². The highest BCUT2D eigenvalue weighted by Crippen LogP contribution is 2.41. The predicted octanol–water partition coefficient (Wildman–Crippen LogP) is 4.10. The van der Waals surface area contributed by atoms with Gasteiger partial charge in [0.2, 0.25) is 0 Å². The number of anilines is 1. The Morgan fingerprint density at radius 1 is 1.29 bits per heavy atom. The summed E-state index contributed by atoms with van der Waals surface area (Å²) in [5.74, 6) is -1.84. The number of ether oxygens (including phenoxy) is 2. The van der Waals surface area contributed by atoms with Gasteiger partial charge in [0, 0.05) is 56.6 Å². The van der Waals surface area contributed by atoms with Crippen molar-refractivity contribution >= 4 is 29.0 Å². The molecule has 0 aliphatic carbocycles. The van der Waals surface area contributed by atoms with Gasteiger partial charge in [0.05, 0.1) is 11.3 Å². The molecule has 2 aliphatic rings. The average Bonchev–Trinajstić information content (AvgIpc) is 3.34. The minimum absolute atomic E-state index is 0.265. The van der Waals surface area contributed by atoms with Crippen molar-refractivity contribution in [3.8, 4) is 17.2 Å². The number of aliphatic imine (C=N–C) groups is 1. The molecule has 2 atom stereocenters. The van der Waals surface area contributed by atoms with Crippen molar-refractivity contribution in [2.45, 2.75) is 24.5 Å². The first-order valence-corrected chi connectivity index (χ1v) is 11.3. The Labute approximate surface area is 201 Å². The summed E-state index contributed by atoms with van der Waals surface area (Å²) in [7, 11) is 1.43. The number of nitriles is 1. The van der Waals surface area contributed by atoms with Gasteiger partial charge < -0.3 is 24.3 Å². The molecule has 1 aromatic carbocycles. The molecule has 2 unspecified atom stereocenters. The van der Waals surface area contributed by atoms with Crippen LogP contribution in [0.25, 0.3) is 22.2 Å². The van der Waals surface area contributed by atoms with Crippen LogP contribution >= 0.6 is 0 Å². The van der Waals surface area contributed by atoms with E-state index in [1.165, 1.54) is 19.5 Å². The molecule has 4 heterocycles. The summed E-state index contributed by atoms with van der Waals surface area (Å²) in [4.78, 5) is 20.3. The summed E-state index contributed by atoms with van der Waals surface area (Å²) in [5, 5.41) is 23.0. The molecule has 1 saturated heterocycles. The van der Waals surface area contributed by atoms with Gasteiger partial charge in [-0.3, -0.25) is 14.8 Å². The van der Waals surface area contributed by atoms with E-state index in [1.54, 1.807) is 18.3 Å². The largest absolute Gasteiger partial charge is 0.481 e. The Kier molecular flexibility index (Phi) is 6.07. The molecule has 9 nitrogen and oxygen atoms in total. The molecule has 0 radical (unpaired) electrons. The number of aromatic nitrogens is 1. The lowest BCUT2D eigenvalue weighted by Gasteiger charge is -2.32. The molecule has 0 spiro atoms. The number of nitrogens with zero attached hydrogens (tertiary/aromatic N) is 3. The van der Waals surface area contributed by atoms with Crippen LogP contribution in [-0.2, 0) is 19.9 Å². The number of aliphatic carboxylic acids is 1. The smallest absolute Gasteiger partial charge is 0.315 e. The predicted molar refractivity (Wildman–Crippen MR) is 129 cm³/mol. The first-order chi connectivity index (χ1) is 17.1. The number of carboxylic acid groups (broad SMARTS) is 1. The number of fused-ring (bicyclic) bond motifs is 1. The molecule has 0 bridgehead atoms. The number of hydrogen-bond acceptors (Lipinski definition) is 8. The van der Waals surface area contributed by atoms with Crippen LogP contribution in [0.3, 0.4) is 0 Å². The van der Waals surface area contributed by atoms with Crippen LogP contribution in [0.4, 0.5) is 5.69 Å². The number of benzene rings is 1. The lowest BCUT2D eigenvalue weighted by atomic mass is 9.84. The van der Waals surface area contributed by atoms with Gasteiger partial charge in [-0.25, -0.2) is 0 Å². The maximum absolute atomic E-state index is 11.9. The van der Waals surface area contributed by atoms with Crippen LogP contribution in [0.1, 0.15) is 24.2 Å². The van der Waals surface area contributed by atoms with Gasteiger partial charge in [-0.15, -0.1) is 0 Å². The number of rotatable bonds is 6. The number of pyridine rings is 1. The van der Waals surface area contributed by atoms with Crippen molar-refractivity contribution in [1.29, 1.82) is 5.26 Å². The Hall–Kier alpha value is -4.00. The van der Waals surface area contributed by atoms with E-state index < -0.39 is 17.5 Å². The Morgan fingerprint density at radius 3 is 2.86 bits per heavy atom. The first kappa shape index (κ1) is 22.8. The van der Waals surface area contributed by atoms with Gasteiger partial charge in [0.1, 0.15) is 23.3 Å². The fourth-order valence-corrected chi connectivity index (χ4v) is 4.63. The molecule has 35 heavy (non-hydrogen) atoms. The first-order valence-electron chi connectivity index (χ1n) is 11.3. The third-order valence-electron chi connectivity index (χ3n) is 6.54. The highest BCUT2D eigenvalue weighted by Gasteiger charge is 2.46. The quantitative estimate of drug-likeness (QED) is 0.548. The average molecular weight is 473 g/mol. The second-order valence-electron chi connectivity index (χ2n) is 8.51. The van der Waals surface area contributed by atoms with Crippen molar-refractivity contribution in [3.05, 3.63) is 60.1 Å². The molecule has 178 valence electrons. The van der Waals surface area contributed by atoms with Gasteiger partial charge in [0.15, 0.2) is 11.2 Å². The number of furan rings is 1. The normalized spacial score (nSPS) is 22.2.